The Morgan fingerprint density at radius 3 is 2.67 bits per heavy atom. The molecule has 3 rings (SSSR count). The van der Waals surface area contributed by atoms with Gasteiger partial charge in [-0.3, -0.25) is 9.59 Å². The fourth-order valence-electron chi connectivity index (χ4n) is 2.58. The van der Waals surface area contributed by atoms with Crippen molar-refractivity contribution in [1.82, 2.24) is 15.1 Å². The summed E-state index contributed by atoms with van der Waals surface area (Å²) < 4.78 is 6.81. The molecule has 27 heavy (non-hydrogen) atoms. The van der Waals surface area contributed by atoms with Crippen molar-refractivity contribution in [3.8, 4) is 17.0 Å². The average Bonchev–Trinajstić information content (AvgIpc) is 2.68. The van der Waals surface area contributed by atoms with Crippen LogP contribution in [0.4, 0.5) is 0 Å². The zero-order valence-electron chi connectivity index (χ0n) is 15.1. The minimum atomic E-state index is -0.247. The van der Waals surface area contributed by atoms with Gasteiger partial charge in [0.25, 0.3) is 11.5 Å². The molecule has 0 bridgehead atoms. The number of aryl methyl sites for hydroxylation is 1. The molecule has 1 aromatic heterocycles. The maximum Gasteiger partial charge on any atom is 0.266 e. The van der Waals surface area contributed by atoms with Gasteiger partial charge in [0.05, 0.1) is 12.2 Å². The third kappa shape index (κ3) is 5.28. The van der Waals surface area contributed by atoms with E-state index in [1.165, 1.54) is 10.7 Å². The van der Waals surface area contributed by atoms with Crippen LogP contribution in [0.25, 0.3) is 11.3 Å². The zero-order valence-corrected chi connectivity index (χ0v) is 15.1. The molecule has 6 heteroatoms. The van der Waals surface area contributed by atoms with E-state index in [0.29, 0.717) is 18.0 Å². The Morgan fingerprint density at radius 2 is 1.89 bits per heavy atom. The number of carbonyl (C=O) groups is 1. The molecular weight excluding hydrogens is 342 g/mol. The maximum atomic E-state index is 12.0. The molecule has 0 aliphatic heterocycles. The molecule has 0 aliphatic rings. The Kier molecular flexibility index (Phi) is 5.99. The summed E-state index contributed by atoms with van der Waals surface area (Å²) in [6.45, 7) is 2.47. The van der Waals surface area contributed by atoms with Crippen molar-refractivity contribution in [2.24, 2.45) is 0 Å². The average molecular weight is 363 g/mol. The highest BCUT2D eigenvalue weighted by Gasteiger charge is 2.05. The third-order valence-corrected chi connectivity index (χ3v) is 3.94. The Bertz CT molecular complexity index is 968. The molecule has 138 valence electrons. The van der Waals surface area contributed by atoms with Gasteiger partial charge >= 0.3 is 0 Å². The monoisotopic (exact) mass is 363 g/mol. The van der Waals surface area contributed by atoms with Crippen LogP contribution >= 0.6 is 0 Å². The summed E-state index contributed by atoms with van der Waals surface area (Å²) in [5, 5.41) is 7.10. The number of carbonyl (C=O) groups excluding carboxylic acids is 1. The standard InChI is InChI=1S/C21H21N3O3/c1-16-6-5-9-18(14-16)27-15-20(25)22-12-13-24-21(26)11-10-19(23-24)17-7-3-2-4-8-17/h2-11,14H,12-13,15H2,1H3,(H,22,25). The minimum Gasteiger partial charge on any atom is -0.484 e. The smallest absolute Gasteiger partial charge is 0.266 e. The van der Waals surface area contributed by atoms with Crippen LogP contribution < -0.4 is 15.6 Å². The number of nitrogens with one attached hydrogen (secondary N) is 1. The van der Waals surface area contributed by atoms with Crippen molar-refractivity contribution in [3.05, 3.63) is 82.6 Å². The number of aromatic nitrogens is 2. The van der Waals surface area contributed by atoms with E-state index in [2.05, 4.69) is 10.4 Å². The van der Waals surface area contributed by atoms with E-state index < -0.39 is 0 Å². The van der Waals surface area contributed by atoms with Crippen LogP contribution in [0, 0.1) is 6.92 Å². The van der Waals surface area contributed by atoms with Crippen LogP contribution in [0.3, 0.4) is 0 Å². The molecule has 1 amide bonds. The fraction of sp³-hybridized carbons (Fsp3) is 0.190. The predicted octanol–water partition coefficient (Wildman–Crippen LogP) is 2.41. The molecular formula is C21H21N3O3. The quantitative estimate of drug-likeness (QED) is 0.700. The van der Waals surface area contributed by atoms with Gasteiger partial charge in [0.2, 0.25) is 0 Å². The van der Waals surface area contributed by atoms with E-state index in [-0.39, 0.29) is 24.6 Å². The summed E-state index contributed by atoms with van der Waals surface area (Å²) in [5.41, 5.74) is 2.50. The summed E-state index contributed by atoms with van der Waals surface area (Å²) in [4.78, 5) is 23.9. The Morgan fingerprint density at radius 1 is 1.07 bits per heavy atom. The van der Waals surface area contributed by atoms with Gasteiger partial charge in [-0.15, -0.1) is 0 Å². The second kappa shape index (κ2) is 8.80. The lowest BCUT2D eigenvalue weighted by Crippen LogP contribution is -2.34. The van der Waals surface area contributed by atoms with Crippen molar-refractivity contribution in [3.63, 3.8) is 0 Å². The highest BCUT2D eigenvalue weighted by Crippen LogP contribution is 2.14. The van der Waals surface area contributed by atoms with Gasteiger partial charge in [0.15, 0.2) is 6.61 Å². The van der Waals surface area contributed by atoms with Gasteiger partial charge in [-0.2, -0.15) is 5.10 Å². The van der Waals surface area contributed by atoms with Gasteiger partial charge in [0, 0.05) is 18.2 Å². The van der Waals surface area contributed by atoms with Crippen molar-refractivity contribution in [2.45, 2.75) is 13.5 Å². The normalized spacial score (nSPS) is 10.4. The Labute approximate surface area is 157 Å². The second-order valence-electron chi connectivity index (χ2n) is 6.10. The zero-order chi connectivity index (χ0) is 19.1. The van der Waals surface area contributed by atoms with Crippen LogP contribution in [0.5, 0.6) is 5.75 Å². The van der Waals surface area contributed by atoms with E-state index in [9.17, 15) is 9.59 Å². The maximum absolute atomic E-state index is 12.0. The first-order valence-corrected chi connectivity index (χ1v) is 8.71. The van der Waals surface area contributed by atoms with Gasteiger partial charge in [-0.05, 0) is 30.7 Å². The summed E-state index contributed by atoms with van der Waals surface area (Å²) in [5.74, 6) is 0.405. The SMILES string of the molecule is Cc1cccc(OCC(=O)NCCn2nc(-c3ccccc3)ccc2=O)c1. The number of hydrogen-bond donors (Lipinski definition) is 1. The first kappa shape index (κ1) is 18.4. The lowest BCUT2D eigenvalue weighted by Gasteiger charge is -2.09. The van der Waals surface area contributed by atoms with Crippen molar-refractivity contribution < 1.29 is 9.53 Å². The Balaban J connectivity index is 1.52. The van der Waals surface area contributed by atoms with Crippen LogP contribution in [-0.2, 0) is 11.3 Å². The second-order valence-corrected chi connectivity index (χ2v) is 6.10. The van der Waals surface area contributed by atoms with Crippen molar-refractivity contribution in [2.75, 3.05) is 13.2 Å². The van der Waals surface area contributed by atoms with Crippen molar-refractivity contribution >= 4 is 5.91 Å². The van der Waals surface area contributed by atoms with Crippen LogP contribution in [0.15, 0.2) is 71.5 Å². The van der Waals surface area contributed by atoms with E-state index in [1.54, 1.807) is 12.1 Å². The molecule has 0 atom stereocenters. The largest absolute Gasteiger partial charge is 0.484 e. The molecule has 0 fully saturated rings. The number of hydrogen-bond acceptors (Lipinski definition) is 4. The van der Waals surface area contributed by atoms with Crippen molar-refractivity contribution in [1.29, 1.82) is 0 Å². The van der Waals surface area contributed by atoms with Gasteiger partial charge in [-0.1, -0.05) is 42.5 Å². The molecule has 3 aromatic rings. The topological polar surface area (TPSA) is 73.2 Å². The number of amides is 1. The number of ether oxygens (including phenoxy) is 1. The highest BCUT2D eigenvalue weighted by molar-refractivity contribution is 5.77. The molecule has 0 saturated heterocycles. The number of benzene rings is 2. The molecule has 0 aliphatic carbocycles. The van der Waals surface area contributed by atoms with E-state index in [1.807, 2.05) is 55.5 Å². The minimum absolute atomic E-state index is 0.0736. The third-order valence-electron chi connectivity index (χ3n) is 3.94. The molecule has 1 N–H and O–H groups in total. The first-order valence-electron chi connectivity index (χ1n) is 8.71. The summed E-state index contributed by atoms with van der Waals surface area (Å²) in [7, 11) is 0. The fourth-order valence-corrected chi connectivity index (χ4v) is 2.58. The first-order chi connectivity index (χ1) is 13.1. The molecule has 6 nitrogen and oxygen atoms in total. The number of nitrogens with zero attached hydrogens (tertiary/aromatic N) is 2. The molecule has 0 radical (unpaired) electrons. The summed E-state index contributed by atoms with van der Waals surface area (Å²) >= 11 is 0. The van der Waals surface area contributed by atoms with E-state index >= 15 is 0 Å². The van der Waals surface area contributed by atoms with E-state index in [0.717, 1.165) is 11.1 Å². The lowest BCUT2D eigenvalue weighted by molar-refractivity contribution is -0.123. The highest BCUT2D eigenvalue weighted by atomic mass is 16.5. The van der Waals surface area contributed by atoms with E-state index in [4.69, 9.17) is 4.74 Å². The van der Waals surface area contributed by atoms with Crippen LogP contribution in [0.2, 0.25) is 0 Å². The summed E-state index contributed by atoms with van der Waals surface area (Å²) in [6, 6.07) is 20.3. The number of rotatable bonds is 7. The predicted molar refractivity (Wildman–Crippen MR) is 104 cm³/mol. The lowest BCUT2D eigenvalue weighted by atomic mass is 10.1. The molecule has 0 saturated carbocycles. The molecule has 0 unspecified atom stereocenters. The van der Waals surface area contributed by atoms with Gasteiger partial charge in [-0.25, -0.2) is 4.68 Å². The summed E-state index contributed by atoms with van der Waals surface area (Å²) in [6.07, 6.45) is 0. The molecule has 2 aromatic carbocycles. The Hall–Kier alpha value is -3.41. The van der Waals surface area contributed by atoms with Gasteiger partial charge in [0.1, 0.15) is 5.75 Å². The molecule has 1 heterocycles. The van der Waals surface area contributed by atoms with Crippen LogP contribution in [0.1, 0.15) is 5.56 Å². The van der Waals surface area contributed by atoms with Gasteiger partial charge < -0.3 is 10.1 Å². The van der Waals surface area contributed by atoms with Crippen LogP contribution in [-0.4, -0.2) is 28.8 Å². The molecule has 0 spiro atoms.